The Balaban J connectivity index is 1.22. The minimum atomic E-state index is -0.946. The lowest BCUT2D eigenvalue weighted by atomic mass is 9.43. The van der Waals surface area contributed by atoms with E-state index in [2.05, 4.69) is 66.5 Å². The lowest BCUT2D eigenvalue weighted by Crippen LogP contribution is -2.65. The molecule has 2 bridgehead atoms. The summed E-state index contributed by atoms with van der Waals surface area (Å²) in [7, 11) is -0.555. The Hall–Kier alpha value is -2.78. The van der Waals surface area contributed by atoms with E-state index in [1.165, 1.54) is 25.0 Å². The molecule has 5 atom stereocenters. The number of aromatic nitrogens is 2. The third-order valence-corrected chi connectivity index (χ3v) is 9.49. The zero-order valence-electron chi connectivity index (χ0n) is 22.0. The molecule has 9 heteroatoms. The number of carbonyl (C=O) groups excluding carboxylic acids is 2. The van der Waals surface area contributed by atoms with Gasteiger partial charge in [0.1, 0.15) is 11.2 Å². The molecule has 2 N–H and O–H groups in total. The molecule has 1 aromatic heterocycles. The van der Waals surface area contributed by atoms with Crippen LogP contribution in [0.25, 0.3) is 0 Å². The number of aryl methyl sites for hydroxylation is 1. The summed E-state index contributed by atoms with van der Waals surface area (Å²) >= 11 is 0. The summed E-state index contributed by atoms with van der Waals surface area (Å²) < 4.78 is 13.3. The summed E-state index contributed by atoms with van der Waals surface area (Å²) in [4.78, 5) is 34.4. The van der Waals surface area contributed by atoms with E-state index in [4.69, 9.17) is 9.31 Å². The van der Waals surface area contributed by atoms with Crippen molar-refractivity contribution in [1.29, 1.82) is 0 Å². The van der Waals surface area contributed by atoms with Gasteiger partial charge in [-0.15, -0.1) is 0 Å². The van der Waals surface area contributed by atoms with Crippen molar-refractivity contribution in [3.8, 4) is 0 Å². The number of nitrogens with zero attached hydrogens (tertiary/aromatic N) is 2. The van der Waals surface area contributed by atoms with Gasteiger partial charge in [-0.1, -0.05) is 43.7 Å². The summed E-state index contributed by atoms with van der Waals surface area (Å²) in [5, 5.41) is 6.12. The molecule has 2 amide bonds. The Morgan fingerprint density at radius 3 is 2.68 bits per heavy atom. The molecule has 1 aromatic carbocycles. The first kappa shape index (κ1) is 24.6. The van der Waals surface area contributed by atoms with Gasteiger partial charge in [-0.05, 0) is 68.8 Å². The van der Waals surface area contributed by atoms with Gasteiger partial charge < -0.3 is 19.9 Å². The van der Waals surface area contributed by atoms with E-state index in [9.17, 15) is 9.59 Å². The van der Waals surface area contributed by atoms with Crippen molar-refractivity contribution in [1.82, 2.24) is 20.6 Å². The van der Waals surface area contributed by atoms with Crippen molar-refractivity contribution < 1.29 is 18.9 Å². The monoisotopic (exact) mass is 502 g/mol. The SMILES string of the molecule is Cc1cccc(C[C@H](NC(=O)C2(NC(=O)c3cnccn3)CC2)B2O[C@@H]3C[C@@H]4C[C@@H](C4(C)C)[C@]3(C)O2)c1. The van der Waals surface area contributed by atoms with Gasteiger partial charge in [-0.25, -0.2) is 4.98 Å². The number of hydrogen-bond acceptors (Lipinski definition) is 6. The Labute approximate surface area is 218 Å². The molecule has 4 aliphatic carbocycles. The highest BCUT2D eigenvalue weighted by Crippen LogP contribution is 2.65. The van der Waals surface area contributed by atoms with E-state index in [0.717, 1.165) is 17.5 Å². The number of benzene rings is 1. The van der Waals surface area contributed by atoms with Crippen LogP contribution in [0, 0.1) is 24.2 Å². The first-order valence-corrected chi connectivity index (χ1v) is 13.4. The molecule has 2 heterocycles. The van der Waals surface area contributed by atoms with E-state index in [1.54, 1.807) is 0 Å². The number of amides is 2. The van der Waals surface area contributed by atoms with Crippen LogP contribution in [-0.4, -0.2) is 52.1 Å². The minimum absolute atomic E-state index is 0.0254. The zero-order valence-corrected chi connectivity index (χ0v) is 22.0. The Morgan fingerprint density at radius 1 is 1.19 bits per heavy atom. The summed E-state index contributed by atoms with van der Waals surface area (Å²) in [6.07, 6.45) is 8.29. The van der Waals surface area contributed by atoms with E-state index >= 15 is 0 Å². The highest BCUT2D eigenvalue weighted by atomic mass is 16.7. The molecule has 1 aliphatic heterocycles. The summed E-state index contributed by atoms with van der Waals surface area (Å²) in [5.74, 6) is 0.0888. The Morgan fingerprint density at radius 2 is 2.00 bits per heavy atom. The van der Waals surface area contributed by atoms with Crippen LogP contribution in [0.3, 0.4) is 0 Å². The van der Waals surface area contributed by atoms with Crippen molar-refractivity contribution in [2.75, 3.05) is 0 Å². The summed E-state index contributed by atoms with van der Waals surface area (Å²) in [6, 6.07) is 8.29. The van der Waals surface area contributed by atoms with Gasteiger partial charge in [0.05, 0.1) is 23.8 Å². The second-order valence-corrected chi connectivity index (χ2v) is 12.2. The van der Waals surface area contributed by atoms with Gasteiger partial charge in [0, 0.05) is 12.4 Å². The van der Waals surface area contributed by atoms with Crippen LogP contribution in [0.4, 0.5) is 0 Å². The van der Waals surface area contributed by atoms with Crippen LogP contribution >= 0.6 is 0 Å². The molecule has 7 rings (SSSR count). The van der Waals surface area contributed by atoms with E-state index < -0.39 is 18.6 Å². The van der Waals surface area contributed by atoms with Gasteiger partial charge in [0.2, 0.25) is 5.91 Å². The quantitative estimate of drug-likeness (QED) is 0.565. The van der Waals surface area contributed by atoms with Gasteiger partial charge in [0.25, 0.3) is 5.91 Å². The smallest absolute Gasteiger partial charge is 0.404 e. The number of nitrogens with one attached hydrogen (secondary N) is 2. The average molecular weight is 502 g/mol. The lowest BCUT2D eigenvalue weighted by molar-refractivity contribution is -0.199. The molecule has 0 unspecified atom stereocenters. The highest BCUT2D eigenvalue weighted by Gasteiger charge is 2.68. The molecule has 5 aliphatic rings. The Bertz CT molecular complexity index is 1220. The lowest BCUT2D eigenvalue weighted by Gasteiger charge is -2.64. The standard InChI is InChI=1S/C28H35BN4O4/c1-17-6-5-7-18(12-17)13-23(29-36-22-15-19-14-21(26(19,2)3)27(22,4)37-29)32-25(35)28(8-9-28)33-24(34)20-16-30-10-11-31-20/h5-7,10-12,16,19,21-23H,8-9,13-15H2,1-4H3,(H,32,35)(H,33,34)/t19-,21-,22+,23-,27-/m0/s1. The van der Waals surface area contributed by atoms with Crippen LogP contribution in [0.2, 0.25) is 0 Å². The second kappa shape index (κ2) is 8.63. The molecular formula is C28H35BN4O4. The van der Waals surface area contributed by atoms with E-state index in [-0.39, 0.29) is 34.7 Å². The first-order chi connectivity index (χ1) is 17.6. The van der Waals surface area contributed by atoms with Crippen molar-refractivity contribution in [3.63, 3.8) is 0 Å². The number of hydrogen-bond donors (Lipinski definition) is 2. The molecule has 5 fully saturated rings. The molecule has 0 spiro atoms. The maximum Gasteiger partial charge on any atom is 0.482 e. The van der Waals surface area contributed by atoms with Gasteiger partial charge >= 0.3 is 7.12 Å². The molecular weight excluding hydrogens is 467 g/mol. The fourth-order valence-electron chi connectivity index (χ4n) is 6.92. The van der Waals surface area contributed by atoms with Crippen molar-refractivity contribution in [2.24, 2.45) is 17.3 Å². The van der Waals surface area contributed by atoms with Crippen LogP contribution in [-0.2, 0) is 20.5 Å². The van der Waals surface area contributed by atoms with Gasteiger partial charge in [-0.3, -0.25) is 14.6 Å². The van der Waals surface area contributed by atoms with Gasteiger partial charge in [0.15, 0.2) is 0 Å². The fraction of sp³-hybridized carbons (Fsp3) is 0.571. The van der Waals surface area contributed by atoms with Crippen LogP contribution < -0.4 is 10.6 Å². The normalized spacial score (nSPS) is 31.0. The van der Waals surface area contributed by atoms with Crippen molar-refractivity contribution in [3.05, 3.63) is 59.7 Å². The topological polar surface area (TPSA) is 102 Å². The third-order valence-electron chi connectivity index (χ3n) is 9.49. The summed E-state index contributed by atoms with van der Waals surface area (Å²) in [5.41, 5.74) is 1.39. The van der Waals surface area contributed by atoms with Crippen LogP contribution in [0.5, 0.6) is 0 Å². The Kier molecular flexibility index (Phi) is 5.73. The van der Waals surface area contributed by atoms with Crippen LogP contribution in [0.1, 0.15) is 68.1 Å². The number of carbonyl (C=O) groups is 2. The first-order valence-electron chi connectivity index (χ1n) is 13.4. The van der Waals surface area contributed by atoms with E-state index in [0.29, 0.717) is 31.1 Å². The summed E-state index contributed by atoms with van der Waals surface area (Å²) in [6.45, 7) is 8.93. The van der Waals surface area contributed by atoms with Crippen LogP contribution in [0.15, 0.2) is 42.9 Å². The molecule has 37 heavy (non-hydrogen) atoms. The molecule has 194 valence electrons. The molecule has 0 radical (unpaired) electrons. The maximum atomic E-state index is 13.6. The predicted octanol–water partition coefficient (Wildman–Crippen LogP) is 3.04. The molecule has 1 saturated heterocycles. The zero-order chi connectivity index (χ0) is 26.0. The molecule has 2 aromatic rings. The maximum absolute atomic E-state index is 13.6. The molecule has 8 nitrogen and oxygen atoms in total. The highest BCUT2D eigenvalue weighted by molar-refractivity contribution is 6.48. The minimum Gasteiger partial charge on any atom is -0.404 e. The van der Waals surface area contributed by atoms with Gasteiger partial charge in [-0.2, -0.15) is 0 Å². The average Bonchev–Trinajstić information content (AvgIpc) is 3.56. The van der Waals surface area contributed by atoms with Crippen molar-refractivity contribution >= 4 is 18.9 Å². The third kappa shape index (κ3) is 4.16. The number of rotatable bonds is 7. The molecule has 4 saturated carbocycles. The largest absolute Gasteiger partial charge is 0.482 e. The predicted molar refractivity (Wildman–Crippen MR) is 138 cm³/mol. The van der Waals surface area contributed by atoms with E-state index in [1.807, 2.05) is 6.07 Å². The van der Waals surface area contributed by atoms with Crippen molar-refractivity contribution in [2.45, 2.75) is 83.0 Å². The second-order valence-electron chi connectivity index (χ2n) is 12.2. The fourth-order valence-corrected chi connectivity index (χ4v) is 6.92.